The largest absolute Gasteiger partial charge is 0.350 e. The molecular weight excluding hydrogens is 170 g/mol. The summed E-state index contributed by atoms with van der Waals surface area (Å²) in [5, 5.41) is 1.41. The Bertz CT molecular complexity index is 463. The van der Waals surface area contributed by atoms with Crippen LogP contribution in [0.5, 0.6) is 0 Å². The third-order valence-electron chi connectivity index (χ3n) is 2.86. The summed E-state index contributed by atoms with van der Waals surface area (Å²) in [5.41, 5.74) is 4.18. The highest BCUT2D eigenvalue weighted by Gasteiger charge is 2.10. The molecule has 0 aliphatic carbocycles. The van der Waals surface area contributed by atoms with Crippen molar-refractivity contribution in [1.29, 1.82) is 0 Å². The van der Waals surface area contributed by atoms with Gasteiger partial charge in [-0.3, -0.25) is 0 Å². The number of aromatic nitrogens is 1. The van der Waals surface area contributed by atoms with E-state index in [4.69, 9.17) is 0 Å². The monoisotopic (exact) mass is 187 g/mol. The van der Waals surface area contributed by atoms with Gasteiger partial charge in [0.15, 0.2) is 0 Å². The van der Waals surface area contributed by atoms with Crippen LogP contribution in [0.2, 0.25) is 0 Å². The second-order valence-corrected chi connectivity index (χ2v) is 4.32. The standard InChI is InChI=1S/C13H17N/c1-9(2)12-8-14(4)13-10(3)6-5-7-11(12)13/h5-9H,1-4H3. The quantitative estimate of drug-likeness (QED) is 0.642. The number of benzene rings is 1. The van der Waals surface area contributed by atoms with Crippen molar-refractivity contribution in [2.45, 2.75) is 26.7 Å². The number of fused-ring (bicyclic) bond motifs is 1. The average molecular weight is 187 g/mol. The lowest BCUT2D eigenvalue weighted by molar-refractivity contribution is 0.857. The Morgan fingerprint density at radius 1 is 1.21 bits per heavy atom. The topological polar surface area (TPSA) is 4.93 Å². The van der Waals surface area contributed by atoms with Crippen LogP contribution in [0.3, 0.4) is 0 Å². The summed E-state index contributed by atoms with van der Waals surface area (Å²) in [4.78, 5) is 0. The molecule has 0 amide bonds. The number of aryl methyl sites for hydroxylation is 2. The van der Waals surface area contributed by atoms with E-state index in [1.807, 2.05) is 0 Å². The molecule has 1 aromatic heterocycles. The second kappa shape index (κ2) is 3.16. The zero-order valence-corrected chi connectivity index (χ0v) is 9.33. The minimum absolute atomic E-state index is 0.598. The molecule has 0 saturated heterocycles. The molecule has 74 valence electrons. The van der Waals surface area contributed by atoms with Gasteiger partial charge in [-0.15, -0.1) is 0 Å². The molecule has 0 N–H and O–H groups in total. The lowest BCUT2D eigenvalue weighted by atomic mass is 10.0. The van der Waals surface area contributed by atoms with Gasteiger partial charge in [-0.25, -0.2) is 0 Å². The van der Waals surface area contributed by atoms with E-state index in [2.05, 4.69) is 56.8 Å². The summed E-state index contributed by atoms with van der Waals surface area (Å²) >= 11 is 0. The highest BCUT2D eigenvalue weighted by atomic mass is 14.9. The molecule has 2 rings (SSSR count). The van der Waals surface area contributed by atoms with Crippen LogP contribution in [0.1, 0.15) is 30.9 Å². The summed E-state index contributed by atoms with van der Waals surface area (Å²) < 4.78 is 2.24. The van der Waals surface area contributed by atoms with E-state index in [1.54, 1.807) is 0 Å². The summed E-state index contributed by atoms with van der Waals surface area (Å²) in [6, 6.07) is 6.54. The van der Waals surface area contributed by atoms with Crippen LogP contribution < -0.4 is 0 Å². The maximum atomic E-state index is 2.25. The molecule has 0 atom stereocenters. The van der Waals surface area contributed by atoms with Gasteiger partial charge in [0.1, 0.15) is 0 Å². The molecule has 14 heavy (non-hydrogen) atoms. The normalized spacial score (nSPS) is 11.5. The highest BCUT2D eigenvalue weighted by molar-refractivity contribution is 5.87. The number of para-hydroxylation sites is 1. The van der Waals surface area contributed by atoms with Gasteiger partial charge in [-0.2, -0.15) is 0 Å². The lowest BCUT2D eigenvalue weighted by Gasteiger charge is -2.02. The fourth-order valence-electron chi connectivity index (χ4n) is 2.16. The smallest absolute Gasteiger partial charge is 0.0510 e. The molecule has 0 fully saturated rings. The van der Waals surface area contributed by atoms with Crippen molar-refractivity contribution in [2.75, 3.05) is 0 Å². The first-order valence-electron chi connectivity index (χ1n) is 5.16. The van der Waals surface area contributed by atoms with Crippen LogP contribution >= 0.6 is 0 Å². The van der Waals surface area contributed by atoms with Gasteiger partial charge in [0.2, 0.25) is 0 Å². The number of hydrogen-bond donors (Lipinski definition) is 0. The maximum absolute atomic E-state index is 2.25. The fourth-order valence-corrected chi connectivity index (χ4v) is 2.16. The van der Waals surface area contributed by atoms with Gasteiger partial charge >= 0.3 is 0 Å². The fraction of sp³-hybridized carbons (Fsp3) is 0.385. The Kier molecular flexibility index (Phi) is 2.10. The molecule has 0 spiro atoms. The van der Waals surface area contributed by atoms with Crippen LogP contribution in [0, 0.1) is 6.92 Å². The summed E-state index contributed by atoms with van der Waals surface area (Å²) in [6.45, 7) is 6.67. The highest BCUT2D eigenvalue weighted by Crippen LogP contribution is 2.28. The van der Waals surface area contributed by atoms with E-state index in [0.717, 1.165) is 0 Å². The molecule has 0 radical (unpaired) electrons. The van der Waals surface area contributed by atoms with Crippen molar-refractivity contribution in [3.63, 3.8) is 0 Å². The van der Waals surface area contributed by atoms with Gasteiger partial charge in [0.25, 0.3) is 0 Å². The van der Waals surface area contributed by atoms with Crippen LogP contribution in [-0.4, -0.2) is 4.57 Å². The first kappa shape index (κ1) is 9.32. The summed E-state index contributed by atoms with van der Waals surface area (Å²) in [6.07, 6.45) is 2.25. The van der Waals surface area contributed by atoms with Gasteiger partial charge in [-0.1, -0.05) is 32.0 Å². The summed E-state index contributed by atoms with van der Waals surface area (Å²) in [7, 11) is 2.13. The SMILES string of the molecule is Cc1cccc2c(C(C)C)cn(C)c12. The zero-order chi connectivity index (χ0) is 10.3. The van der Waals surface area contributed by atoms with Crippen molar-refractivity contribution in [2.24, 2.45) is 7.05 Å². The third kappa shape index (κ3) is 1.24. The van der Waals surface area contributed by atoms with Crippen molar-refractivity contribution in [1.82, 2.24) is 4.57 Å². The maximum Gasteiger partial charge on any atom is 0.0510 e. The molecule has 1 aromatic carbocycles. The first-order valence-corrected chi connectivity index (χ1v) is 5.16. The zero-order valence-electron chi connectivity index (χ0n) is 9.33. The van der Waals surface area contributed by atoms with E-state index >= 15 is 0 Å². The molecule has 0 saturated carbocycles. The van der Waals surface area contributed by atoms with Gasteiger partial charge in [0, 0.05) is 18.6 Å². The van der Waals surface area contributed by atoms with Gasteiger partial charge in [-0.05, 0) is 24.0 Å². The molecule has 2 aromatic rings. The van der Waals surface area contributed by atoms with E-state index in [0.29, 0.717) is 5.92 Å². The predicted octanol–water partition coefficient (Wildman–Crippen LogP) is 3.61. The van der Waals surface area contributed by atoms with Crippen molar-refractivity contribution >= 4 is 10.9 Å². The number of rotatable bonds is 1. The predicted molar refractivity (Wildman–Crippen MR) is 61.7 cm³/mol. The molecule has 0 aliphatic rings. The van der Waals surface area contributed by atoms with E-state index in [1.165, 1.54) is 22.0 Å². The number of hydrogen-bond acceptors (Lipinski definition) is 0. The molecular formula is C13H17N. The molecule has 1 heterocycles. The molecule has 0 bridgehead atoms. The molecule has 1 nitrogen and oxygen atoms in total. The minimum Gasteiger partial charge on any atom is -0.350 e. The lowest BCUT2D eigenvalue weighted by Crippen LogP contribution is -1.86. The average Bonchev–Trinajstić information content (AvgIpc) is 2.45. The van der Waals surface area contributed by atoms with E-state index < -0.39 is 0 Å². The Morgan fingerprint density at radius 3 is 2.57 bits per heavy atom. The molecule has 0 aliphatic heterocycles. The Morgan fingerprint density at radius 2 is 1.93 bits per heavy atom. The van der Waals surface area contributed by atoms with Gasteiger partial charge < -0.3 is 4.57 Å². The third-order valence-corrected chi connectivity index (χ3v) is 2.86. The van der Waals surface area contributed by atoms with Crippen molar-refractivity contribution in [3.05, 3.63) is 35.5 Å². The number of nitrogens with zero attached hydrogens (tertiary/aromatic N) is 1. The van der Waals surface area contributed by atoms with Gasteiger partial charge in [0.05, 0.1) is 5.52 Å². The Labute approximate surface area is 85.4 Å². The van der Waals surface area contributed by atoms with Crippen molar-refractivity contribution < 1.29 is 0 Å². The van der Waals surface area contributed by atoms with Crippen LogP contribution in [0.4, 0.5) is 0 Å². The second-order valence-electron chi connectivity index (χ2n) is 4.32. The first-order chi connectivity index (χ1) is 6.61. The minimum atomic E-state index is 0.598. The van der Waals surface area contributed by atoms with E-state index in [9.17, 15) is 0 Å². The van der Waals surface area contributed by atoms with Crippen molar-refractivity contribution in [3.8, 4) is 0 Å². The van der Waals surface area contributed by atoms with Crippen LogP contribution in [0.15, 0.2) is 24.4 Å². The summed E-state index contributed by atoms with van der Waals surface area (Å²) in [5.74, 6) is 0.598. The Hall–Kier alpha value is -1.24. The molecule has 1 heteroatoms. The van der Waals surface area contributed by atoms with E-state index in [-0.39, 0.29) is 0 Å². The Balaban J connectivity index is 2.84. The molecule has 0 unspecified atom stereocenters. The van der Waals surface area contributed by atoms with Crippen LogP contribution in [-0.2, 0) is 7.05 Å². The van der Waals surface area contributed by atoms with Crippen LogP contribution in [0.25, 0.3) is 10.9 Å².